The van der Waals surface area contributed by atoms with Crippen molar-refractivity contribution in [2.45, 2.75) is 31.7 Å². The van der Waals surface area contributed by atoms with Gasteiger partial charge in [-0.25, -0.2) is 4.79 Å². The van der Waals surface area contributed by atoms with Crippen molar-refractivity contribution in [3.63, 3.8) is 0 Å². The Morgan fingerprint density at radius 2 is 2.26 bits per heavy atom. The highest BCUT2D eigenvalue weighted by molar-refractivity contribution is 5.79. The van der Waals surface area contributed by atoms with Gasteiger partial charge in [0.05, 0.1) is 4.92 Å². The van der Waals surface area contributed by atoms with Crippen molar-refractivity contribution in [3.8, 4) is 0 Å². The molecule has 0 aliphatic carbocycles. The molecule has 0 amide bonds. The quantitative estimate of drug-likeness (QED) is 0.652. The number of aryl methyl sites for hydroxylation is 1. The van der Waals surface area contributed by atoms with E-state index in [2.05, 4.69) is 5.10 Å². The highest BCUT2D eigenvalue weighted by Gasteiger charge is 2.33. The smallest absolute Gasteiger partial charge is 0.330 e. The number of carbonyl (C=O) groups is 1. The molecule has 1 N–H and O–H groups in total. The first-order valence-corrected chi connectivity index (χ1v) is 6.18. The average molecular weight is 268 g/mol. The van der Waals surface area contributed by atoms with Crippen molar-refractivity contribution in [2.24, 2.45) is 7.05 Å². The third-order valence-corrected chi connectivity index (χ3v) is 3.30. The Kier molecular flexibility index (Phi) is 3.68. The molecule has 0 radical (unpaired) electrons. The van der Waals surface area contributed by atoms with Crippen molar-refractivity contribution < 1.29 is 14.8 Å². The molecule has 2 heterocycles. The molecule has 1 saturated heterocycles. The topological polar surface area (TPSA) is 102 Å². The number of nitrogens with zero attached hydrogens (tertiary/aromatic N) is 4. The lowest BCUT2D eigenvalue weighted by atomic mass is 10.1. The summed E-state index contributed by atoms with van der Waals surface area (Å²) in [5, 5.41) is 24.4. The van der Waals surface area contributed by atoms with Crippen LogP contribution in [-0.2, 0) is 11.8 Å². The molecule has 0 aromatic carbocycles. The van der Waals surface area contributed by atoms with Crippen LogP contribution in [0.5, 0.6) is 0 Å². The van der Waals surface area contributed by atoms with Crippen molar-refractivity contribution in [1.29, 1.82) is 0 Å². The fraction of sp³-hybridized carbons (Fsp3) is 0.636. The second-order valence-corrected chi connectivity index (χ2v) is 4.67. The zero-order valence-corrected chi connectivity index (χ0v) is 10.7. The van der Waals surface area contributed by atoms with E-state index < -0.39 is 16.9 Å². The summed E-state index contributed by atoms with van der Waals surface area (Å²) in [7, 11) is 1.59. The predicted octanol–water partition coefficient (Wildman–Crippen LogP) is 1.16. The van der Waals surface area contributed by atoms with Crippen molar-refractivity contribution in [1.82, 2.24) is 9.78 Å². The molecule has 1 aromatic rings. The molecule has 104 valence electrons. The van der Waals surface area contributed by atoms with Gasteiger partial charge in [-0.2, -0.15) is 0 Å². The van der Waals surface area contributed by atoms with Gasteiger partial charge in [-0.3, -0.25) is 14.8 Å². The number of aromatic nitrogens is 2. The molecule has 19 heavy (non-hydrogen) atoms. The van der Waals surface area contributed by atoms with E-state index >= 15 is 0 Å². The minimum atomic E-state index is -0.957. The molecule has 1 aliphatic heterocycles. The maximum atomic E-state index is 11.3. The third kappa shape index (κ3) is 2.67. The Bertz CT molecular complexity index is 499. The molecule has 8 heteroatoms. The second kappa shape index (κ2) is 5.25. The summed E-state index contributed by atoms with van der Waals surface area (Å²) in [6, 6.07) is -0.740. The second-order valence-electron chi connectivity index (χ2n) is 4.67. The van der Waals surface area contributed by atoms with E-state index in [4.69, 9.17) is 0 Å². The molecule has 0 spiro atoms. The normalized spacial score (nSPS) is 20.1. The average Bonchev–Trinajstić information content (AvgIpc) is 2.59. The summed E-state index contributed by atoms with van der Waals surface area (Å²) in [4.78, 5) is 23.4. The zero-order chi connectivity index (χ0) is 14.0. The fourth-order valence-corrected chi connectivity index (χ4v) is 2.42. The number of rotatable bonds is 3. The molecule has 1 atom stereocenters. The van der Waals surface area contributed by atoms with Gasteiger partial charge in [-0.05, 0) is 12.8 Å². The lowest BCUT2D eigenvalue weighted by molar-refractivity contribution is -0.384. The third-order valence-electron chi connectivity index (χ3n) is 3.30. The van der Waals surface area contributed by atoms with Crippen LogP contribution in [0.15, 0.2) is 6.20 Å². The van der Waals surface area contributed by atoms with Gasteiger partial charge in [0.25, 0.3) is 0 Å². The minimum absolute atomic E-state index is 0.143. The van der Waals surface area contributed by atoms with Crippen LogP contribution in [0.25, 0.3) is 0 Å². The molecule has 0 bridgehead atoms. The highest BCUT2D eigenvalue weighted by atomic mass is 16.6. The monoisotopic (exact) mass is 268 g/mol. The van der Waals surface area contributed by atoms with E-state index in [1.807, 2.05) is 0 Å². The van der Waals surface area contributed by atoms with E-state index in [-0.39, 0.29) is 11.5 Å². The van der Waals surface area contributed by atoms with Gasteiger partial charge in [0.15, 0.2) is 0 Å². The molecule has 1 unspecified atom stereocenters. The molecular weight excluding hydrogens is 252 g/mol. The molecule has 8 nitrogen and oxygen atoms in total. The van der Waals surface area contributed by atoms with E-state index in [1.165, 1.54) is 10.9 Å². The molecule has 1 aromatic heterocycles. The Labute approximate surface area is 109 Å². The van der Waals surface area contributed by atoms with Crippen LogP contribution in [-0.4, -0.2) is 38.4 Å². The van der Waals surface area contributed by atoms with Gasteiger partial charge in [0, 0.05) is 13.6 Å². The first-order valence-electron chi connectivity index (χ1n) is 6.18. The van der Waals surface area contributed by atoms with Crippen LogP contribution in [0, 0.1) is 10.1 Å². The summed E-state index contributed by atoms with van der Waals surface area (Å²) in [5.74, 6) is -0.802. The standard InChI is InChI=1S/C11H16N4O4/c1-13-7-9(15(18)19)10(12-13)14-6-4-2-3-5-8(14)11(16)17/h7-8H,2-6H2,1H3,(H,16,17). The Balaban J connectivity index is 2.41. The zero-order valence-electron chi connectivity index (χ0n) is 10.7. The predicted molar refractivity (Wildman–Crippen MR) is 67.1 cm³/mol. The Hall–Kier alpha value is -2.12. The van der Waals surface area contributed by atoms with Gasteiger partial charge in [0.1, 0.15) is 12.2 Å². The fourth-order valence-electron chi connectivity index (χ4n) is 2.42. The molecular formula is C11H16N4O4. The lowest BCUT2D eigenvalue weighted by Gasteiger charge is -2.25. The minimum Gasteiger partial charge on any atom is -0.480 e. The van der Waals surface area contributed by atoms with Gasteiger partial charge in [-0.1, -0.05) is 12.8 Å². The van der Waals surface area contributed by atoms with E-state index in [0.717, 1.165) is 19.3 Å². The number of carboxylic acids is 1. The number of carboxylic acid groups (broad SMARTS) is 1. The number of nitro groups is 1. The van der Waals surface area contributed by atoms with Crippen LogP contribution in [0.1, 0.15) is 25.7 Å². The number of hydrogen-bond acceptors (Lipinski definition) is 5. The SMILES string of the molecule is Cn1cc([N+](=O)[O-])c(N2CCCCCC2C(=O)O)n1. The molecule has 2 rings (SSSR count). The van der Waals surface area contributed by atoms with Gasteiger partial charge in [0.2, 0.25) is 5.82 Å². The molecule has 1 fully saturated rings. The number of aliphatic carboxylic acids is 1. The van der Waals surface area contributed by atoms with Crippen molar-refractivity contribution in [2.75, 3.05) is 11.4 Å². The maximum Gasteiger partial charge on any atom is 0.330 e. The molecule has 0 saturated carbocycles. The summed E-state index contributed by atoms with van der Waals surface area (Å²) in [5.41, 5.74) is -0.143. The van der Waals surface area contributed by atoms with Gasteiger partial charge >= 0.3 is 11.7 Å². The van der Waals surface area contributed by atoms with Crippen LogP contribution in [0.4, 0.5) is 11.5 Å². The van der Waals surface area contributed by atoms with Crippen LogP contribution < -0.4 is 4.90 Å². The summed E-state index contributed by atoms with van der Waals surface area (Å²) >= 11 is 0. The Morgan fingerprint density at radius 1 is 1.53 bits per heavy atom. The molecule has 1 aliphatic rings. The van der Waals surface area contributed by atoms with Crippen LogP contribution in [0.3, 0.4) is 0 Å². The summed E-state index contributed by atoms with van der Waals surface area (Å²) < 4.78 is 1.34. The van der Waals surface area contributed by atoms with Crippen LogP contribution >= 0.6 is 0 Å². The lowest BCUT2D eigenvalue weighted by Crippen LogP contribution is -2.41. The summed E-state index contributed by atoms with van der Waals surface area (Å²) in [6.07, 6.45) is 4.36. The largest absolute Gasteiger partial charge is 0.480 e. The number of anilines is 1. The first kappa shape index (κ1) is 13.3. The van der Waals surface area contributed by atoms with Crippen molar-refractivity contribution in [3.05, 3.63) is 16.3 Å². The van der Waals surface area contributed by atoms with Gasteiger partial charge < -0.3 is 10.0 Å². The highest BCUT2D eigenvalue weighted by Crippen LogP contribution is 2.30. The Morgan fingerprint density at radius 3 is 2.89 bits per heavy atom. The summed E-state index contributed by atoms with van der Waals surface area (Å²) in [6.45, 7) is 0.481. The first-order chi connectivity index (χ1) is 9.00. The van der Waals surface area contributed by atoms with E-state index in [1.54, 1.807) is 11.9 Å². The van der Waals surface area contributed by atoms with E-state index in [9.17, 15) is 20.0 Å². The van der Waals surface area contributed by atoms with Crippen molar-refractivity contribution >= 4 is 17.5 Å². The van der Waals surface area contributed by atoms with Gasteiger partial charge in [-0.15, -0.1) is 5.10 Å². The van der Waals surface area contributed by atoms with Crippen LogP contribution in [0.2, 0.25) is 0 Å². The van der Waals surface area contributed by atoms with E-state index in [0.29, 0.717) is 13.0 Å². The number of hydrogen-bond donors (Lipinski definition) is 1. The maximum absolute atomic E-state index is 11.3.